The third kappa shape index (κ3) is 3.12. The lowest BCUT2D eigenvalue weighted by atomic mass is 10.1. The summed E-state index contributed by atoms with van der Waals surface area (Å²) in [5.41, 5.74) is 2.73. The van der Waals surface area contributed by atoms with Crippen molar-refractivity contribution < 1.29 is 4.79 Å². The second-order valence-corrected chi connectivity index (χ2v) is 7.17. The van der Waals surface area contributed by atoms with Crippen molar-refractivity contribution in [2.75, 3.05) is 18.4 Å². The predicted octanol–water partition coefficient (Wildman–Crippen LogP) is 3.20. The molecule has 0 spiro atoms. The Labute approximate surface area is 144 Å². The summed E-state index contributed by atoms with van der Waals surface area (Å²) in [6, 6.07) is 3.74. The van der Waals surface area contributed by atoms with Gasteiger partial charge in [0, 0.05) is 49.2 Å². The Morgan fingerprint density at radius 2 is 2.38 bits per heavy atom. The van der Waals surface area contributed by atoms with Crippen molar-refractivity contribution in [3.05, 3.63) is 46.8 Å². The zero-order valence-corrected chi connectivity index (χ0v) is 14.3. The van der Waals surface area contributed by atoms with E-state index in [2.05, 4.69) is 20.7 Å². The van der Waals surface area contributed by atoms with Gasteiger partial charge in [0.15, 0.2) is 0 Å². The molecule has 1 unspecified atom stereocenters. The first-order valence-electron chi connectivity index (χ1n) is 8.07. The van der Waals surface area contributed by atoms with E-state index in [9.17, 15) is 4.79 Å². The van der Waals surface area contributed by atoms with Crippen molar-refractivity contribution >= 4 is 28.7 Å². The van der Waals surface area contributed by atoms with Crippen LogP contribution >= 0.6 is 11.3 Å². The van der Waals surface area contributed by atoms with Gasteiger partial charge in [0.05, 0.1) is 10.7 Å². The van der Waals surface area contributed by atoms with Gasteiger partial charge in [-0.25, -0.2) is 14.8 Å². The number of carbonyl (C=O) groups excluding carboxylic acids is 1. The third-order valence-electron chi connectivity index (χ3n) is 4.34. The van der Waals surface area contributed by atoms with E-state index in [1.807, 2.05) is 40.8 Å². The van der Waals surface area contributed by atoms with Crippen LogP contribution in [0, 0.1) is 12.8 Å². The molecule has 0 bridgehead atoms. The van der Waals surface area contributed by atoms with E-state index in [0.29, 0.717) is 5.92 Å². The molecule has 0 aromatic carbocycles. The van der Waals surface area contributed by atoms with E-state index >= 15 is 0 Å². The van der Waals surface area contributed by atoms with Gasteiger partial charge in [-0.15, -0.1) is 11.3 Å². The summed E-state index contributed by atoms with van der Waals surface area (Å²) in [6.07, 6.45) is 7.49. The molecular formula is C17H19N5OS. The highest BCUT2D eigenvalue weighted by atomic mass is 32.1. The Kier molecular flexibility index (Phi) is 3.93. The van der Waals surface area contributed by atoms with Crippen LogP contribution in [0.2, 0.25) is 0 Å². The number of hydrogen-bond donors (Lipinski definition) is 1. The SMILES string of the molecule is Cc1csc(CC2CCN(C(=O)Nc3ccc4nccn4c3)C2)n1. The normalized spacial score (nSPS) is 17.5. The van der Waals surface area contributed by atoms with Crippen LogP contribution in [0.25, 0.3) is 5.65 Å². The van der Waals surface area contributed by atoms with Crippen molar-refractivity contribution in [3.63, 3.8) is 0 Å². The fourth-order valence-electron chi connectivity index (χ4n) is 3.12. The number of nitrogens with one attached hydrogen (secondary N) is 1. The third-order valence-corrected chi connectivity index (χ3v) is 5.33. The molecule has 1 N–H and O–H groups in total. The molecule has 0 radical (unpaired) electrons. The van der Waals surface area contributed by atoms with E-state index in [1.54, 1.807) is 17.5 Å². The van der Waals surface area contributed by atoms with Crippen LogP contribution in [0.5, 0.6) is 0 Å². The molecule has 1 aliphatic rings. The second kappa shape index (κ2) is 6.24. The molecule has 4 rings (SSSR count). The van der Waals surface area contributed by atoms with Gasteiger partial charge in [-0.2, -0.15) is 0 Å². The molecule has 0 aliphatic carbocycles. The molecule has 2 amide bonds. The summed E-state index contributed by atoms with van der Waals surface area (Å²) in [5, 5.41) is 6.24. The first-order valence-corrected chi connectivity index (χ1v) is 8.95. The van der Waals surface area contributed by atoms with Crippen molar-refractivity contribution in [2.24, 2.45) is 5.92 Å². The number of anilines is 1. The number of aryl methyl sites for hydroxylation is 1. The monoisotopic (exact) mass is 341 g/mol. The smallest absolute Gasteiger partial charge is 0.321 e. The zero-order valence-electron chi connectivity index (χ0n) is 13.5. The maximum atomic E-state index is 12.5. The number of nitrogens with zero attached hydrogens (tertiary/aromatic N) is 4. The van der Waals surface area contributed by atoms with Gasteiger partial charge in [-0.1, -0.05) is 0 Å². The van der Waals surface area contributed by atoms with Crippen molar-refractivity contribution in [2.45, 2.75) is 19.8 Å². The number of pyridine rings is 1. The zero-order chi connectivity index (χ0) is 16.5. The number of fused-ring (bicyclic) bond motifs is 1. The Balaban J connectivity index is 1.36. The molecule has 0 saturated carbocycles. The lowest BCUT2D eigenvalue weighted by molar-refractivity contribution is 0.221. The molecule has 6 nitrogen and oxygen atoms in total. The van der Waals surface area contributed by atoms with E-state index in [-0.39, 0.29) is 6.03 Å². The summed E-state index contributed by atoms with van der Waals surface area (Å²) in [7, 11) is 0. The average molecular weight is 341 g/mol. The van der Waals surface area contributed by atoms with Gasteiger partial charge in [0.25, 0.3) is 0 Å². The van der Waals surface area contributed by atoms with Crippen LogP contribution in [0.1, 0.15) is 17.1 Å². The van der Waals surface area contributed by atoms with Gasteiger partial charge >= 0.3 is 6.03 Å². The Bertz CT molecular complexity index is 871. The van der Waals surface area contributed by atoms with E-state index < -0.39 is 0 Å². The molecule has 4 heterocycles. The molecule has 3 aromatic rings. The standard InChI is InChI=1S/C17H19N5OS/c1-12-11-24-16(19-12)8-13-4-6-22(9-13)17(23)20-14-2-3-15-18-5-7-21(15)10-14/h2-3,5,7,10-11,13H,4,6,8-9H2,1H3,(H,20,23). The van der Waals surface area contributed by atoms with Crippen LogP contribution in [0.4, 0.5) is 10.5 Å². The minimum absolute atomic E-state index is 0.0349. The van der Waals surface area contributed by atoms with Crippen LogP contribution in [-0.4, -0.2) is 38.4 Å². The van der Waals surface area contributed by atoms with Gasteiger partial charge in [-0.05, 0) is 31.4 Å². The summed E-state index contributed by atoms with van der Waals surface area (Å²) in [5.74, 6) is 0.498. The number of aromatic nitrogens is 3. The summed E-state index contributed by atoms with van der Waals surface area (Å²) < 4.78 is 1.90. The van der Waals surface area contributed by atoms with E-state index in [4.69, 9.17) is 0 Å². The quantitative estimate of drug-likeness (QED) is 0.796. The maximum Gasteiger partial charge on any atom is 0.321 e. The topological polar surface area (TPSA) is 62.5 Å². The molecule has 7 heteroatoms. The molecule has 1 atom stereocenters. The second-order valence-electron chi connectivity index (χ2n) is 6.23. The lowest BCUT2D eigenvalue weighted by Crippen LogP contribution is -2.33. The molecule has 1 saturated heterocycles. The van der Waals surface area contributed by atoms with Crippen LogP contribution in [-0.2, 0) is 6.42 Å². The number of thiazole rings is 1. The number of rotatable bonds is 3. The highest BCUT2D eigenvalue weighted by Crippen LogP contribution is 2.23. The lowest BCUT2D eigenvalue weighted by Gasteiger charge is -2.17. The van der Waals surface area contributed by atoms with Crippen molar-refractivity contribution in [1.29, 1.82) is 0 Å². The number of urea groups is 1. The minimum Gasteiger partial charge on any atom is -0.324 e. The minimum atomic E-state index is -0.0349. The number of likely N-dealkylation sites (tertiary alicyclic amines) is 1. The van der Waals surface area contributed by atoms with Crippen LogP contribution < -0.4 is 5.32 Å². The first-order chi connectivity index (χ1) is 11.7. The van der Waals surface area contributed by atoms with Crippen molar-refractivity contribution in [3.8, 4) is 0 Å². The number of hydrogen-bond acceptors (Lipinski definition) is 4. The Morgan fingerprint density at radius 3 is 3.21 bits per heavy atom. The van der Waals surface area contributed by atoms with Crippen molar-refractivity contribution in [1.82, 2.24) is 19.3 Å². The maximum absolute atomic E-state index is 12.5. The van der Waals surface area contributed by atoms with E-state index in [0.717, 1.165) is 43.0 Å². The average Bonchev–Trinajstić information content (AvgIpc) is 3.28. The van der Waals surface area contributed by atoms with E-state index in [1.165, 1.54) is 5.01 Å². The number of imidazole rings is 1. The first kappa shape index (κ1) is 15.1. The van der Waals surface area contributed by atoms with Crippen LogP contribution in [0.3, 0.4) is 0 Å². The molecule has 1 aliphatic heterocycles. The van der Waals surface area contributed by atoms with Crippen LogP contribution in [0.15, 0.2) is 36.1 Å². The highest BCUT2D eigenvalue weighted by Gasteiger charge is 2.27. The Morgan fingerprint density at radius 1 is 1.46 bits per heavy atom. The highest BCUT2D eigenvalue weighted by molar-refractivity contribution is 7.09. The number of amides is 2. The van der Waals surface area contributed by atoms with Gasteiger partial charge in [0.2, 0.25) is 0 Å². The Hall–Kier alpha value is -2.41. The molecule has 124 valence electrons. The van der Waals surface area contributed by atoms with Gasteiger partial charge in [-0.3, -0.25) is 0 Å². The molecule has 24 heavy (non-hydrogen) atoms. The summed E-state index contributed by atoms with van der Waals surface area (Å²) in [6.45, 7) is 3.61. The predicted molar refractivity (Wildman–Crippen MR) is 94.4 cm³/mol. The fourth-order valence-corrected chi connectivity index (χ4v) is 4.01. The van der Waals surface area contributed by atoms with Gasteiger partial charge < -0.3 is 14.6 Å². The summed E-state index contributed by atoms with van der Waals surface area (Å²) >= 11 is 1.71. The summed E-state index contributed by atoms with van der Waals surface area (Å²) in [4.78, 5) is 23.1. The fraction of sp³-hybridized carbons (Fsp3) is 0.353. The van der Waals surface area contributed by atoms with Gasteiger partial charge in [0.1, 0.15) is 5.65 Å². The number of carbonyl (C=O) groups is 1. The largest absolute Gasteiger partial charge is 0.324 e. The molecule has 1 fully saturated rings. The molecular weight excluding hydrogens is 322 g/mol. The molecule has 3 aromatic heterocycles.